The van der Waals surface area contributed by atoms with Crippen molar-refractivity contribution in [3.05, 3.63) is 15.6 Å². The van der Waals surface area contributed by atoms with Crippen molar-refractivity contribution in [2.45, 2.75) is 36.7 Å². The van der Waals surface area contributed by atoms with Crippen LogP contribution in [0.5, 0.6) is 0 Å². The monoisotopic (exact) mass is 285 g/mol. The number of hydrogen-bond donors (Lipinski definition) is 0. The maximum atomic E-state index is 11.8. The van der Waals surface area contributed by atoms with Crippen molar-refractivity contribution in [1.82, 2.24) is 4.98 Å². The number of hydrogen-bond acceptors (Lipinski definition) is 5. The molecule has 1 aromatic rings. The summed E-state index contributed by atoms with van der Waals surface area (Å²) >= 11 is 5.82. The molecular formula is C12H15NOS3. The molecule has 1 aliphatic heterocycles. The van der Waals surface area contributed by atoms with E-state index >= 15 is 0 Å². The van der Waals surface area contributed by atoms with Gasteiger partial charge in [-0.1, -0.05) is 6.92 Å². The highest BCUT2D eigenvalue weighted by atomic mass is 32.2. The number of rotatable bonds is 1. The van der Waals surface area contributed by atoms with Gasteiger partial charge in [-0.15, -0.1) is 23.1 Å². The number of fused-ring (bicyclic) bond motifs is 1. The van der Waals surface area contributed by atoms with Crippen LogP contribution in [0.2, 0.25) is 0 Å². The molecule has 0 bridgehead atoms. The van der Waals surface area contributed by atoms with Gasteiger partial charge in [-0.2, -0.15) is 11.8 Å². The lowest BCUT2D eigenvalue weighted by Gasteiger charge is -2.25. The zero-order chi connectivity index (χ0) is 11.8. The first kappa shape index (κ1) is 12.1. The lowest BCUT2D eigenvalue weighted by Crippen LogP contribution is -2.16. The van der Waals surface area contributed by atoms with Crippen LogP contribution < -0.4 is 0 Å². The predicted molar refractivity (Wildman–Crippen MR) is 76.5 cm³/mol. The third-order valence-electron chi connectivity index (χ3n) is 3.22. The molecule has 17 heavy (non-hydrogen) atoms. The Morgan fingerprint density at radius 2 is 2.06 bits per heavy atom. The van der Waals surface area contributed by atoms with Crippen LogP contribution in [0.3, 0.4) is 0 Å². The molecule has 2 nitrogen and oxygen atoms in total. The number of aryl methyl sites for hydroxylation is 1. The molecule has 0 saturated carbocycles. The second kappa shape index (κ2) is 4.94. The van der Waals surface area contributed by atoms with E-state index in [-0.39, 0.29) is 5.78 Å². The number of nitrogens with zero attached hydrogens (tertiary/aromatic N) is 1. The van der Waals surface area contributed by atoms with Crippen LogP contribution in [0.1, 0.15) is 45.4 Å². The van der Waals surface area contributed by atoms with Crippen LogP contribution >= 0.6 is 34.9 Å². The molecule has 0 radical (unpaired) electrons. The van der Waals surface area contributed by atoms with Crippen LogP contribution in [-0.2, 0) is 6.42 Å². The Labute approximate surface area is 114 Å². The minimum Gasteiger partial charge on any atom is -0.292 e. The van der Waals surface area contributed by atoms with Crippen molar-refractivity contribution in [3.63, 3.8) is 0 Å². The van der Waals surface area contributed by atoms with Crippen LogP contribution in [0, 0.1) is 0 Å². The predicted octanol–water partition coefficient (Wildman–Crippen LogP) is 3.57. The first-order valence-corrected chi connectivity index (χ1v) is 8.93. The van der Waals surface area contributed by atoms with Crippen molar-refractivity contribution in [1.29, 1.82) is 0 Å². The molecule has 2 atom stereocenters. The van der Waals surface area contributed by atoms with E-state index in [0.29, 0.717) is 16.9 Å². The van der Waals surface area contributed by atoms with Crippen LogP contribution in [-0.4, -0.2) is 27.5 Å². The van der Waals surface area contributed by atoms with Crippen molar-refractivity contribution < 1.29 is 4.79 Å². The molecule has 5 heteroatoms. The zero-order valence-electron chi connectivity index (χ0n) is 9.77. The molecule has 1 aromatic heterocycles. The highest BCUT2D eigenvalue weighted by Gasteiger charge is 2.30. The van der Waals surface area contributed by atoms with Crippen molar-refractivity contribution in [2.24, 2.45) is 0 Å². The van der Waals surface area contributed by atoms with Crippen molar-refractivity contribution in [3.8, 4) is 0 Å². The molecule has 2 unspecified atom stereocenters. The fourth-order valence-electron chi connectivity index (χ4n) is 2.31. The van der Waals surface area contributed by atoms with Crippen LogP contribution in [0.15, 0.2) is 0 Å². The molecule has 2 heterocycles. The van der Waals surface area contributed by atoms with E-state index in [4.69, 9.17) is 0 Å². The van der Waals surface area contributed by atoms with Gasteiger partial charge in [-0.05, 0) is 12.8 Å². The van der Waals surface area contributed by atoms with Gasteiger partial charge in [0.05, 0.1) is 5.25 Å². The van der Waals surface area contributed by atoms with Crippen molar-refractivity contribution >= 4 is 40.6 Å². The first-order chi connectivity index (χ1) is 8.25. The average Bonchev–Trinajstić information content (AvgIpc) is 2.75. The van der Waals surface area contributed by atoms with Crippen molar-refractivity contribution in [2.75, 3.05) is 11.5 Å². The quantitative estimate of drug-likeness (QED) is 0.789. The fraction of sp³-hybridized carbons (Fsp3) is 0.667. The third kappa shape index (κ3) is 2.29. The maximum Gasteiger partial charge on any atom is 0.182 e. The molecule has 0 spiro atoms. The lowest BCUT2D eigenvalue weighted by atomic mass is 10.0. The number of thiazole rings is 1. The van der Waals surface area contributed by atoms with E-state index in [1.54, 1.807) is 11.3 Å². The molecule has 0 aromatic carbocycles. The van der Waals surface area contributed by atoms with Gasteiger partial charge >= 0.3 is 0 Å². The summed E-state index contributed by atoms with van der Waals surface area (Å²) in [5.41, 5.74) is 0.791. The normalized spacial score (nSPS) is 29.1. The number of carbonyl (C=O) groups is 1. The minimum absolute atomic E-state index is 0.259. The summed E-state index contributed by atoms with van der Waals surface area (Å²) in [6.07, 6.45) is 2.76. The highest BCUT2D eigenvalue weighted by molar-refractivity contribution is 8.06. The van der Waals surface area contributed by atoms with Crippen LogP contribution in [0.25, 0.3) is 0 Å². The number of Topliss-reactive ketones (excluding diaryl/α,β-unsaturated/α-hetero) is 1. The van der Waals surface area contributed by atoms with E-state index in [1.165, 1.54) is 21.4 Å². The van der Waals surface area contributed by atoms with Gasteiger partial charge in [-0.25, -0.2) is 4.98 Å². The summed E-state index contributed by atoms with van der Waals surface area (Å²) in [5, 5.41) is 2.31. The molecule has 0 N–H and O–H groups in total. The largest absolute Gasteiger partial charge is 0.292 e. The summed E-state index contributed by atoms with van der Waals surface area (Å²) in [5.74, 6) is 2.71. The molecule has 1 aliphatic carbocycles. The Kier molecular flexibility index (Phi) is 3.50. The van der Waals surface area contributed by atoms with E-state index in [9.17, 15) is 4.79 Å². The second-order valence-corrected chi connectivity index (χ2v) is 8.32. The standard InChI is InChI=1S/C12H15NOS3/c1-7-11(16-6-5-15-7)12-13-10-8(14)3-2-4-9(10)17-12/h7,11H,2-6H2,1H3. The summed E-state index contributed by atoms with van der Waals surface area (Å²) in [4.78, 5) is 17.7. The Hall–Kier alpha value is -0.0000000000000000555. The second-order valence-electron chi connectivity index (χ2n) is 4.47. The first-order valence-electron chi connectivity index (χ1n) is 6.01. The molecule has 2 aliphatic rings. The summed E-state index contributed by atoms with van der Waals surface area (Å²) < 4.78 is 0. The Morgan fingerprint density at radius 1 is 1.24 bits per heavy atom. The average molecular weight is 285 g/mol. The van der Waals surface area contributed by atoms with Gasteiger partial charge in [0.2, 0.25) is 0 Å². The topological polar surface area (TPSA) is 30.0 Å². The van der Waals surface area contributed by atoms with Gasteiger partial charge in [0.15, 0.2) is 5.78 Å². The van der Waals surface area contributed by atoms with Crippen LogP contribution in [0.4, 0.5) is 0 Å². The molecular weight excluding hydrogens is 270 g/mol. The third-order valence-corrected chi connectivity index (χ3v) is 7.66. The van der Waals surface area contributed by atoms with E-state index in [1.807, 2.05) is 23.5 Å². The van der Waals surface area contributed by atoms with Gasteiger partial charge in [0.1, 0.15) is 10.7 Å². The summed E-state index contributed by atoms with van der Waals surface area (Å²) in [6.45, 7) is 2.28. The molecule has 1 fully saturated rings. The van der Waals surface area contributed by atoms with Gasteiger partial charge in [-0.3, -0.25) is 4.79 Å². The molecule has 92 valence electrons. The minimum atomic E-state index is 0.259. The smallest absolute Gasteiger partial charge is 0.182 e. The zero-order valence-corrected chi connectivity index (χ0v) is 12.2. The highest BCUT2D eigenvalue weighted by Crippen LogP contribution is 2.44. The Bertz CT molecular complexity index is 443. The van der Waals surface area contributed by atoms with E-state index < -0.39 is 0 Å². The molecule has 1 saturated heterocycles. The number of aromatic nitrogens is 1. The molecule has 3 rings (SSSR count). The SMILES string of the molecule is CC1SCCSC1c1nc2c(s1)CCCC2=O. The maximum absolute atomic E-state index is 11.8. The van der Waals surface area contributed by atoms with Gasteiger partial charge < -0.3 is 0 Å². The number of thioether (sulfide) groups is 2. The van der Waals surface area contributed by atoms with E-state index in [0.717, 1.165) is 18.5 Å². The number of carbonyl (C=O) groups excluding carboxylic acids is 1. The fourth-order valence-corrected chi connectivity index (χ4v) is 6.59. The lowest BCUT2D eigenvalue weighted by molar-refractivity contribution is 0.0968. The summed E-state index contributed by atoms with van der Waals surface area (Å²) in [7, 11) is 0. The Balaban J connectivity index is 1.90. The number of ketones is 1. The van der Waals surface area contributed by atoms with Gasteiger partial charge in [0, 0.05) is 28.1 Å². The van der Waals surface area contributed by atoms with E-state index in [2.05, 4.69) is 11.9 Å². The van der Waals surface area contributed by atoms with Gasteiger partial charge in [0.25, 0.3) is 0 Å². The summed E-state index contributed by atoms with van der Waals surface area (Å²) in [6, 6.07) is 0. The Morgan fingerprint density at radius 3 is 2.82 bits per heavy atom. The molecule has 0 amide bonds.